The normalized spacial score (nSPS) is 11.4. The van der Waals surface area contributed by atoms with Crippen LogP contribution in [0, 0.1) is 0 Å². The van der Waals surface area contributed by atoms with Gasteiger partial charge >= 0.3 is 6.03 Å². The highest BCUT2D eigenvalue weighted by Crippen LogP contribution is 2.17. The Bertz CT molecular complexity index is 656. The fraction of sp³-hybridized carbons (Fsp3) is 0.176. The highest BCUT2D eigenvalue weighted by Gasteiger charge is 2.10. The SMILES string of the molecule is CC(=O)Nc1cccc(C(C)NC(=O)Nc2ccccc2)c1. The van der Waals surface area contributed by atoms with E-state index in [4.69, 9.17) is 0 Å². The van der Waals surface area contributed by atoms with Crippen molar-refractivity contribution in [3.63, 3.8) is 0 Å². The minimum Gasteiger partial charge on any atom is -0.331 e. The number of hydrogen-bond acceptors (Lipinski definition) is 2. The molecule has 1 unspecified atom stereocenters. The summed E-state index contributed by atoms with van der Waals surface area (Å²) in [5.74, 6) is -0.125. The maximum atomic E-state index is 12.0. The minimum absolute atomic E-state index is 0.125. The van der Waals surface area contributed by atoms with Gasteiger partial charge in [0.1, 0.15) is 0 Å². The third-order valence-corrected chi connectivity index (χ3v) is 3.09. The molecule has 1 atom stereocenters. The average Bonchev–Trinajstić information content (AvgIpc) is 2.47. The van der Waals surface area contributed by atoms with E-state index in [-0.39, 0.29) is 18.0 Å². The summed E-state index contributed by atoms with van der Waals surface area (Å²) in [4.78, 5) is 23.1. The van der Waals surface area contributed by atoms with Gasteiger partial charge in [0.2, 0.25) is 5.91 Å². The molecule has 3 N–H and O–H groups in total. The molecule has 0 aliphatic carbocycles. The van der Waals surface area contributed by atoms with Gasteiger partial charge in [-0.25, -0.2) is 4.79 Å². The molecule has 0 aromatic heterocycles. The van der Waals surface area contributed by atoms with Crippen molar-refractivity contribution >= 4 is 23.3 Å². The van der Waals surface area contributed by atoms with E-state index < -0.39 is 0 Å². The van der Waals surface area contributed by atoms with Gasteiger partial charge in [0.15, 0.2) is 0 Å². The molecule has 5 heteroatoms. The molecule has 0 radical (unpaired) electrons. The molecule has 0 aliphatic rings. The van der Waals surface area contributed by atoms with Crippen LogP contribution in [0.3, 0.4) is 0 Å². The summed E-state index contributed by atoms with van der Waals surface area (Å²) in [5.41, 5.74) is 2.36. The van der Waals surface area contributed by atoms with Gasteiger partial charge in [0, 0.05) is 18.3 Å². The lowest BCUT2D eigenvalue weighted by Crippen LogP contribution is -2.31. The molecule has 114 valence electrons. The predicted octanol–water partition coefficient (Wildman–Crippen LogP) is 3.53. The molecule has 3 amide bonds. The number of carbonyl (C=O) groups is 2. The maximum Gasteiger partial charge on any atom is 0.319 e. The summed E-state index contributed by atoms with van der Waals surface area (Å²) in [6, 6.07) is 16.2. The molecule has 0 fully saturated rings. The van der Waals surface area contributed by atoms with Gasteiger partial charge in [-0.05, 0) is 36.8 Å². The first-order valence-electron chi connectivity index (χ1n) is 7.04. The number of nitrogens with one attached hydrogen (secondary N) is 3. The predicted molar refractivity (Wildman–Crippen MR) is 87.8 cm³/mol. The molecular weight excluding hydrogens is 278 g/mol. The number of urea groups is 1. The summed E-state index contributed by atoms with van der Waals surface area (Å²) < 4.78 is 0. The first-order chi connectivity index (χ1) is 10.5. The highest BCUT2D eigenvalue weighted by atomic mass is 16.2. The molecule has 0 saturated carbocycles. The zero-order chi connectivity index (χ0) is 15.9. The van der Waals surface area contributed by atoms with E-state index in [0.29, 0.717) is 5.69 Å². The van der Waals surface area contributed by atoms with Crippen LogP contribution in [0.2, 0.25) is 0 Å². The van der Waals surface area contributed by atoms with Gasteiger partial charge < -0.3 is 16.0 Å². The standard InChI is InChI=1S/C17H19N3O2/c1-12(14-7-6-10-16(11-14)19-13(2)21)18-17(22)20-15-8-4-3-5-9-15/h3-12H,1-2H3,(H,19,21)(H2,18,20,22). The summed E-state index contributed by atoms with van der Waals surface area (Å²) in [6.07, 6.45) is 0. The Morgan fingerprint density at radius 2 is 1.59 bits per heavy atom. The smallest absolute Gasteiger partial charge is 0.319 e. The van der Waals surface area contributed by atoms with E-state index in [0.717, 1.165) is 11.3 Å². The van der Waals surface area contributed by atoms with Crippen molar-refractivity contribution in [1.82, 2.24) is 5.32 Å². The van der Waals surface area contributed by atoms with Crippen molar-refractivity contribution in [2.24, 2.45) is 0 Å². The van der Waals surface area contributed by atoms with Gasteiger partial charge in [-0.2, -0.15) is 0 Å². The first kappa shape index (κ1) is 15.6. The second-order valence-corrected chi connectivity index (χ2v) is 4.99. The van der Waals surface area contributed by atoms with Gasteiger partial charge in [0.25, 0.3) is 0 Å². The van der Waals surface area contributed by atoms with E-state index in [2.05, 4.69) is 16.0 Å². The molecule has 0 spiro atoms. The Balaban J connectivity index is 1.98. The zero-order valence-corrected chi connectivity index (χ0v) is 12.6. The molecule has 22 heavy (non-hydrogen) atoms. The van der Waals surface area contributed by atoms with Crippen molar-refractivity contribution in [2.75, 3.05) is 10.6 Å². The van der Waals surface area contributed by atoms with Gasteiger partial charge in [-0.3, -0.25) is 4.79 Å². The topological polar surface area (TPSA) is 70.2 Å². The Kier molecular flexibility index (Phi) is 5.14. The third kappa shape index (κ3) is 4.63. The molecule has 0 saturated heterocycles. The lowest BCUT2D eigenvalue weighted by molar-refractivity contribution is -0.114. The van der Waals surface area contributed by atoms with Gasteiger partial charge in [-0.1, -0.05) is 30.3 Å². The largest absolute Gasteiger partial charge is 0.331 e. The number of amides is 3. The molecule has 0 aliphatic heterocycles. The van der Waals surface area contributed by atoms with E-state index in [1.54, 1.807) is 0 Å². The molecule has 2 aromatic carbocycles. The molecule has 0 bridgehead atoms. The highest BCUT2D eigenvalue weighted by molar-refractivity contribution is 5.90. The molecule has 0 heterocycles. The Hall–Kier alpha value is -2.82. The van der Waals surface area contributed by atoms with E-state index in [1.165, 1.54) is 6.92 Å². The van der Waals surface area contributed by atoms with Crippen LogP contribution >= 0.6 is 0 Å². The van der Waals surface area contributed by atoms with Gasteiger partial charge in [-0.15, -0.1) is 0 Å². The van der Waals surface area contributed by atoms with Crippen LogP contribution in [0.25, 0.3) is 0 Å². The lowest BCUT2D eigenvalue weighted by atomic mass is 10.1. The van der Waals surface area contributed by atoms with Crippen molar-refractivity contribution in [1.29, 1.82) is 0 Å². The van der Waals surface area contributed by atoms with Crippen LogP contribution < -0.4 is 16.0 Å². The van der Waals surface area contributed by atoms with Crippen LogP contribution in [0.5, 0.6) is 0 Å². The molecular formula is C17H19N3O2. The Morgan fingerprint density at radius 3 is 2.27 bits per heavy atom. The van der Waals surface area contributed by atoms with Crippen LogP contribution in [0.1, 0.15) is 25.5 Å². The van der Waals surface area contributed by atoms with Crippen LogP contribution in [0.15, 0.2) is 54.6 Å². The first-order valence-corrected chi connectivity index (χ1v) is 7.04. The van der Waals surface area contributed by atoms with Crippen molar-refractivity contribution in [3.05, 3.63) is 60.2 Å². The number of rotatable bonds is 4. The molecule has 2 aromatic rings. The van der Waals surface area contributed by atoms with Crippen LogP contribution in [0.4, 0.5) is 16.2 Å². The number of hydrogen-bond donors (Lipinski definition) is 3. The average molecular weight is 297 g/mol. The number of benzene rings is 2. The second-order valence-electron chi connectivity index (χ2n) is 4.99. The Labute approximate surface area is 129 Å². The summed E-state index contributed by atoms with van der Waals surface area (Å²) in [6.45, 7) is 3.35. The zero-order valence-electron chi connectivity index (χ0n) is 12.6. The fourth-order valence-corrected chi connectivity index (χ4v) is 2.06. The van der Waals surface area contributed by atoms with E-state index >= 15 is 0 Å². The van der Waals surface area contributed by atoms with Crippen molar-refractivity contribution in [3.8, 4) is 0 Å². The second kappa shape index (κ2) is 7.26. The number of anilines is 2. The van der Waals surface area contributed by atoms with Crippen LogP contribution in [-0.4, -0.2) is 11.9 Å². The summed E-state index contributed by atoms with van der Waals surface area (Å²) in [7, 11) is 0. The van der Waals surface area contributed by atoms with E-state index in [1.807, 2.05) is 61.5 Å². The molecule has 2 rings (SSSR count). The lowest BCUT2D eigenvalue weighted by Gasteiger charge is -2.16. The Morgan fingerprint density at radius 1 is 0.909 bits per heavy atom. The van der Waals surface area contributed by atoms with Gasteiger partial charge in [0.05, 0.1) is 6.04 Å². The number of para-hydroxylation sites is 1. The number of carbonyl (C=O) groups excluding carboxylic acids is 2. The van der Waals surface area contributed by atoms with E-state index in [9.17, 15) is 9.59 Å². The summed E-state index contributed by atoms with van der Waals surface area (Å²) >= 11 is 0. The molecule has 5 nitrogen and oxygen atoms in total. The quantitative estimate of drug-likeness (QED) is 0.808. The van der Waals surface area contributed by atoms with Crippen molar-refractivity contribution < 1.29 is 9.59 Å². The van der Waals surface area contributed by atoms with Crippen molar-refractivity contribution in [2.45, 2.75) is 19.9 Å². The fourth-order valence-electron chi connectivity index (χ4n) is 2.06. The third-order valence-electron chi connectivity index (χ3n) is 3.09. The summed E-state index contributed by atoms with van der Waals surface area (Å²) in [5, 5.41) is 8.36. The minimum atomic E-state index is -0.274. The monoisotopic (exact) mass is 297 g/mol. The maximum absolute atomic E-state index is 12.0. The van der Waals surface area contributed by atoms with Crippen LogP contribution in [-0.2, 0) is 4.79 Å².